The molecule has 1 aromatic rings. The lowest BCUT2D eigenvalue weighted by molar-refractivity contribution is 0.449. The molecule has 0 aliphatic carbocycles. The SMILES string of the molecule is CC(C)CC(c1ccccc1)C(C)N=[N+]=[N-]. The third-order valence-electron chi connectivity index (χ3n) is 2.77. The van der Waals surface area contributed by atoms with Gasteiger partial charge in [-0.15, -0.1) is 0 Å². The van der Waals surface area contributed by atoms with Crippen molar-refractivity contribution >= 4 is 0 Å². The van der Waals surface area contributed by atoms with Gasteiger partial charge in [-0.05, 0) is 29.4 Å². The molecule has 0 N–H and O–H groups in total. The molecular formula is C13H19N3. The highest BCUT2D eigenvalue weighted by Gasteiger charge is 2.19. The molecule has 0 saturated heterocycles. The second-order valence-corrected chi connectivity index (χ2v) is 4.59. The van der Waals surface area contributed by atoms with Crippen molar-refractivity contribution in [2.75, 3.05) is 0 Å². The minimum absolute atomic E-state index is 0.00907. The maximum Gasteiger partial charge on any atom is 0.0414 e. The van der Waals surface area contributed by atoms with E-state index >= 15 is 0 Å². The lowest BCUT2D eigenvalue weighted by Gasteiger charge is -2.22. The van der Waals surface area contributed by atoms with E-state index in [0.29, 0.717) is 11.8 Å². The molecule has 0 aromatic heterocycles. The quantitative estimate of drug-likeness (QED) is 0.395. The summed E-state index contributed by atoms with van der Waals surface area (Å²) in [7, 11) is 0. The molecule has 0 spiro atoms. The van der Waals surface area contributed by atoms with Crippen molar-refractivity contribution in [1.29, 1.82) is 0 Å². The Labute approximate surface area is 97.1 Å². The highest BCUT2D eigenvalue weighted by atomic mass is 15.1. The fourth-order valence-electron chi connectivity index (χ4n) is 1.98. The van der Waals surface area contributed by atoms with Crippen LogP contribution in [0.3, 0.4) is 0 Å². The van der Waals surface area contributed by atoms with E-state index in [4.69, 9.17) is 5.53 Å². The van der Waals surface area contributed by atoms with E-state index in [1.54, 1.807) is 0 Å². The molecule has 0 heterocycles. The second kappa shape index (κ2) is 6.19. The lowest BCUT2D eigenvalue weighted by Crippen LogP contribution is -2.15. The molecular weight excluding hydrogens is 198 g/mol. The Morgan fingerprint density at radius 2 is 1.81 bits per heavy atom. The fraction of sp³-hybridized carbons (Fsp3) is 0.538. The Hall–Kier alpha value is -1.47. The second-order valence-electron chi connectivity index (χ2n) is 4.59. The van der Waals surface area contributed by atoms with E-state index in [9.17, 15) is 0 Å². The van der Waals surface area contributed by atoms with E-state index < -0.39 is 0 Å². The number of hydrogen-bond donors (Lipinski definition) is 0. The predicted molar refractivity (Wildman–Crippen MR) is 67.2 cm³/mol. The molecule has 0 amide bonds. The Balaban J connectivity index is 2.91. The Bertz CT molecular complexity index is 353. The van der Waals surface area contributed by atoms with Gasteiger partial charge in [0.05, 0.1) is 0 Å². The average molecular weight is 217 g/mol. The molecule has 86 valence electrons. The van der Waals surface area contributed by atoms with Crippen LogP contribution in [0.1, 0.15) is 38.7 Å². The first kappa shape index (κ1) is 12.6. The summed E-state index contributed by atoms with van der Waals surface area (Å²) in [5.74, 6) is 0.915. The van der Waals surface area contributed by atoms with Gasteiger partial charge >= 0.3 is 0 Å². The summed E-state index contributed by atoms with van der Waals surface area (Å²) in [6.07, 6.45) is 1.05. The smallest absolute Gasteiger partial charge is 0.0414 e. The molecule has 2 unspecified atom stereocenters. The first-order valence-corrected chi connectivity index (χ1v) is 5.74. The molecule has 3 nitrogen and oxygen atoms in total. The van der Waals surface area contributed by atoms with Gasteiger partial charge in [0.25, 0.3) is 0 Å². The highest BCUT2D eigenvalue weighted by Crippen LogP contribution is 2.28. The van der Waals surface area contributed by atoms with Crippen LogP contribution >= 0.6 is 0 Å². The molecule has 0 aliphatic rings. The van der Waals surface area contributed by atoms with Crippen molar-refractivity contribution in [3.05, 3.63) is 46.3 Å². The van der Waals surface area contributed by atoms with Gasteiger partial charge in [-0.25, -0.2) is 0 Å². The van der Waals surface area contributed by atoms with Crippen molar-refractivity contribution < 1.29 is 0 Å². The van der Waals surface area contributed by atoms with Gasteiger partial charge in [0.15, 0.2) is 0 Å². The summed E-state index contributed by atoms with van der Waals surface area (Å²) in [4.78, 5) is 2.91. The first-order chi connectivity index (χ1) is 7.65. The largest absolute Gasteiger partial charge is 0.0903 e. The minimum atomic E-state index is 0.00907. The zero-order valence-corrected chi connectivity index (χ0v) is 10.2. The molecule has 1 aromatic carbocycles. The van der Waals surface area contributed by atoms with E-state index in [0.717, 1.165) is 6.42 Å². The summed E-state index contributed by atoms with van der Waals surface area (Å²) in [6.45, 7) is 6.37. The van der Waals surface area contributed by atoms with Gasteiger partial charge < -0.3 is 0 Å². The summed E-state index contributed by atoms with van der Waals surface area (Å²) < 4.78 is 0. The van der Waals surface area contributed by atoms with E-state index in [2.05, 4.69) is 36.0 Å². The fourth-order valence-corrected chi connectivity index (χ4v) is 1.98. The number of azide groups is 1. The van der Waals surface area contributed by atoms with Crippen LogP contribution < -0.4 is 0 Å². The summed E-state index contributed by atoms with van der Waals surface area (Å²) in [5.41, 5.74) is 9.79. The predicted octanol–water partition coefficient (Wildman–Crippen LogP) is 4.52. The summed E-state index contributed by atoms with van der Waals surface area (Å²) >= 11 is 0. The van der Waals surface area contributed by atoms with Crippen LogP contribution in [0.15, 0.2) is 35.4 Å². The summed E-state index contributed by atoms with van der Waals surface area (Å²) in [5, 5.41) is 3.83. The van der Waals surface area contributed by atoms with Crippen LogP contribution in [0.2, 0.25) is 0 Å². The van der Waals surface area contributed by atoms with Crippen LogP contribution in [-0.2, 0) is 0 Å². The molecule has 3 heteroatoms. The minimum Gasteiger partial charge on any atom is -0.0903 e. The molecule has 0 aliphatic heterocycles. The molecule has 0 bridgehead atoms. The third-order valence-corrected chi connectivity index (χ3v) is 2.77. The number of hydrogen-bond acceptors (Lipinski definition) is 1. The van der Waals surface area contributed by atoms with Crippen molar-refractivity contribution in [2.24, 2.45) is 11.0 Å². The van der Waals surface area contributed by atoms with Crippen molar-refractivity contribution in [1.82, 2.24) is 0 Å². The van der Waals surface area contributed by atoms with E-state index in [1.165, 1.54) is 5.56 Å². The van der Waals surface area contributed by atoms with E-state index in [-0.39, 0.29) is 6.04 Å². The molecule has 16 heavy (non-hydrogen) atoms. The highest BCUT2D eigenvalue weighted by molar-refractivity contribution is 5.21. The van der Waals surface area contributed by atoms with Crippen LogP contribution in [0, 0.1) is 5.92 Å². The number of rotatable bonds is 5. The molecule has 0 radical (unpaired) electrons. The molecule has 0 fully saturated rings. The number of nitrogens with zero attached hydrogens (tertiary/aromatic N) is 3. The van der Waals surface area contributed by atoms with E-state index in [1.807, 2.05) is 25.1 Å². The van der Waals surface area contributed by atoms with Gasteiger partial charge in [-0.3, -0.25) is 0 Å². The maximum absolute atomic E-state index is 8.52. The lowest BCUT2D eigenvalue weighted by atomic mass is 9.85. The van der Waals surface area contributed by atoms with Gasteiger partial charge in [-0.2, -0.15) is 0 Å². The van der Waals surface area contributed by atoms with Crippen molar-refractivity contribution in [3.63, 3.8) is 0 Å². The monoisotopic (exact) mass is 217 g/mol. The van der Waals surface area contributed by atoms with Crippen LogP contribution in [-0.4, -0.2) is 6.04 Å². The molecule has 0 saturated carbocycles. The van der Waals surface area contributed by atoms with Gasteiger partial charge in [0.1, 0.15) is 0 Å². The topological polar surface area (TPSA) is 48.8 Å². The zero-order valence-electron chi connectivity index (χ0n) is 10.2. The van der Waals surface area contributed by atoms with Crippen molar-refractivity contribution in [3.8, 4) is 0 Å². The van der Waals surface area contributed by atoms with Crippen LogP contribution in [0.5, 0.6) is 0 Å². The molecule has 1 rings (SSSR count). The Kier molecular flexibility index (Phi) is 4.87. The summed E-state index contributed by atoms with van der Waals surface area (Å²) in [6, 6.07) is 10.3. The third kappa shape index (κ3) is 3.59. The maximum atomic E-state index is 8.52. The standard InChI is InChI=1S/C13H19N3/c1-10(2)9-13(11(3)15-16-14)12-7-5-4-6-8-12/h4-8,10-11,13H,9H2,1-3H3. The van der Waals surface area contributed by atoms with Gasteiger partial charge in [0, 0.05) is 11.0 Å². The molecule has 2 atom stereocenters. The first-order valence-electron chi connectivity index (χ1n) is 5.74. The number of benzene rings is 1. The average Bonchev–Trinajstić information content (AvgIpc) is 2.27. The van der Waals surface area contributed by atoms with Gasteiger partial charge in [-0.1, -0.05) is 56.2 Å². The normalized spacial score (nSPS) is 14.2. The van der Waals surface area contributed by atoms with Crippen molar-refractivity contribution in [2.45, 2.75) is 39.2 Å². The zero-order chi connectivity index (χ0) is 12.0. The Morgan fingerprint density at radius 3 is 2.31 bits per heavy atom. The van der Waals surface area contributed by atoms with Crippen LogP contribution in [0.25, 0.3) is 10.4 Å². The van der Waals surface area contributed by atoms with Crippen LogP contribution in [0.4, 0.5) is 0 Å². The Morgan fingerprint density at radius 1 is 1.19 bits per heavy atom. The van der Waals surface area contributed by atoms with Gasteiger partial charge in [0.2, 0.25) is 0 Å².